The number of halogens is 3. The Labute approximate surface area is 284 Å². The first-order valence-electron chi connectivity index (χ1n) is 15.5. The maximum atomic E-state index is 12.7. The number of carboxylic acids is 1. The Hall–Kier alpha value is -5.83. The normalized spacial score (nSPS) is 12.0. The van der Waals surface area contributed by atoms with Crippen LogP contribution < -0.4 is 20.5 Å². The number of carbonyl (C=O) groups excluding carboxylic acids is 1. The van der Waals surface area contributed by atoms with Gasteiger partial charge in [-0.25, -0.2) is 4.79 Å². The number of benzene rings is 3. The number of hydrogen-bond acceptors (Lipinski definition) is 7. The molecule has 0 spiro atoms. The summed E-state index contributed by atoms with van der Waals surface area (Å²) in [5.41, 5.74) is 11.1. The van der Waals surface area contributed by atoms with Gasteiger partial charge in [-0.05, 0) is 41.8 Å². The highest BCUT2D eigenvalue weighted by Crippen LogP contribution is 2.29. The fraction of sp³-hybridized carbons (Fsp3) is 0.257. The molecule has 0 bridgehead atoms. The van der Waals surface area contributed by atoms with Crippen molar-refractivity contribution in [1.29, 1.82) is 0 Å². The number of ether oxygens (including phenoxy) is 2. The average Bonchev–Trinajstić information content (AvgIpc) is 3.84. The molecule has 0 radical (unpaired) electrons. The van der Waals surface area contributed by atoms with Crippen LogP contribution in [0.15, 0.2) is 79.1 Å². The predicted molar refractivity (Wildman–Crippen MR) is 180 cm³/mol. The number of carbonyl (C=O) groups is 2. The Morgan fingerprint density at radius 3 is 2.12 bits per heavy atom. The first-order valence-corrected chi connectivity index (χ1v) is 15.5. The Balaban J connectivity index is 0.000000630. The second kappa shape index (κ2) is 15.6. The second-order valence-corrected chi connectivity index (χ2v) is 11.3. The Morgan fingerprint density at radius 2 is 1.52 bits per heavy atom. The number of nitrogens with one attached hydrogen (secondary N) is 3. The molecule has 1 amide bonds. The summed E-state index contributed by atoms with van der Waals surface area (Å²) in [6.07, 6.45) is 0.885. The number of nitrogens with zero attached hydrogens (tertiary/aromatic N) is 3. The second-order valence-electron chi connectivity index (χ2n) is 11.3. The molecule has 12 nitrogen and oxygen atoms in total. The van der Waals surface area contributed by atoms with E-state index in [0.717, 1.165) is 39.8 Å². The summed E-state index contributed by atoms with van der Waals surface area (Å²) in [5.74, 6) is -0.158. The van der Waals surface area contributed by atoms with Gasteiger partial charge in [0.1, 0.15) is 17.3 Å². The van der Waals surface area contributed by atoms with E-state index in [0.29, 0.717) is 36.7 Å². The van der Waals surface area contributed by atoms with Gasteiger partial charge >= 0.3 is 12.1 Å². The zero-order valence-electron chi connectivity index (χ0n) is 27.3. The highest BCUT2D eigenvalue weighted by atomic mass is 19.4. The maximum absolute atomic E-state index is 12.7. The molecular formula is C35H36F3N7O5. The molecule has 3 heterocycles. The number of rotatable bonds is 12. The Morgan fingerprint density at radius 1 is 0.900 bits per heavy atom. The third kappa shape index (κ3) is 8.23. The number of amides is 1. The molecule has 262 valence electrons. The van der Waals surface area contributed by atoms with Crippen molar-refractivity contribution in [2.75, 3.05) is 20.8 Å². The minimum absolute atomic E-state index is 0.127. The fourth-order valence-electron chi connectivity index (χ4n) is 5.68. The van der Waals surface area contributed by atoms with Crippen LogP contribution in [0.1, 0.15) is 34.4 Å². The number of para-hydroxylation sites is 2. The van der Waals surface area contributed by atoms with E-state index in [1.807, 2.05) is 54.7 Å². The van der Waals surface area contributed by atoms with Gasteiger partial charge in [0.15, 0.2) is 5.82 Å². The number of carboxylic acid groups (broad SMARTS) is 1. The molecule has 3 aromatic carbocycles. The average molecular weight is 692 g/mol. The molecule has 6 rings (SSSR count). The molecule has 0 unspecified atom stereocenters. The molecule has 0 saturated carbocycles. The van der Waals surface area contributed by atoms with E-state index in [4.69, 9.17) is 25.1 Å². The molecule has 0 aliphatic heterocycles. The lowest BCUT2D eigenvalue weighted by Gasteiger charge is -2.21. The SMILES string of the molecule is COc1ccc(Cn2c(CCc3c[nH]c4ccccc34)nnc2[C@@H](Cc2c[nH]c3ccccc23)NC(=O)CN)c(OC)c1.O=C(O)C(F)(F)F. The molecular weight excluding hydrogens is 655 g/mol. The standard InChI is InChI=1S/C33H35N7O3.C2HF3O2/c1-42-24-13-11-22(30(16-24)43-2)20-40-31(14-12-21-18-35-27-9-5-3-7-25(21)27)38-39-33(40)29(37-32(41)17-34)15-23-19-36-28-10-6-4-8-26(23)28;3-2(4,5)1(6)7/h3-11,13,16,18-19,29,35-36H,12,14-15,17,20,34H2,1-2H3,(H,37,41);(H,6,7)/t29-;/m1./s1. The van der Waals surface area contributed by atoms with Gasteiger partial charge in [0, 0.05) is 58.7 Å². The van der Waals surface area contributed by atoms with Crippen LogP contribution in [0.5, 0.6) is 11.5 Å². The van der Waals surface area contributed by atoms with E-state index in [1.165, 1.54) is 10.9 Å². The monoisotopic (exact) mass is 691 g/mol. The zero-order valence-corrected chi connectivity index (χ0v) is 27.3. The number of aromatic nitrogens is 5. The van der Waals surface area contributed by atoms with Crippen molar-refractivity contribution in [1.82, 2.24) is 30.0 Å². The topological polar surface area (TPSA) is 173 Å². The van der Waals surface area contributed by atoms with Crippen LogP contribution in [0, 0.1) is 0 Å². The van der Waals surface area contributed by atoms with Gasteiger partial charge in [-0.3, -0.25) is 4.79 Å². The van der Waals surface area contributed by atoms with Crippen LogP contribution in [0.3, 0.4) is 0 Å². The maximum Gasteiger partial charge on any atom is 0.490 e. The van der Waals surface area contributed by atoms with Crippen molar-refractivity contribution < 1.29 is 37.3 Å². The first kappa shape index (κ1) is 35.5. The van der Waals surface area contributed by atoms with E-state index in [2.05, 4.69) is 54.4 Å². The molecule has 6 aromatic rings. The summed E-state index contributed by atoms with van der Waals surface area (Å²) in [6.45, 7) is 0.319. The lowest BCUT2D eigenvalue weighted by molar-refractivity contribution is -0.192. The first-order chi connectivity index (χ1) is 24.0. The lowest BCUT2D eigenvalue weighted by atomic mass is 10.0. The van der Waals surface area contributed by atoms with E-state index in [9.17, 15) is 18.0 Å². The number of aliphatic carboxylic acids is 1. The number of fused-ring (bicyclic) bond motifs is 2. The minimum Gasteiger partial charge on any atom is -0.497 e. The summed E-state index contributed by atoms with van der Waals surface area (Å²) in [6, 6.07) is 21.7. The number of aryl methyl sites for hydroxylation is 2. The molecule has 1 atom stereocenters. The van der Waals surface area contributed by atoms with Gasteiger partial charge in [-0.15, -0.1) is 10.2 Å². The van der Waals surface area contributed by atoms with Crippen LogP contribution in [0.25, 0.3) is 21.8 Å². The van der Waals surface area contributed by atoms with Crippen molar-refractivity contribution >= 4 is 33.7 Å². The number of aromatic amines is 2. The molecule has 50 heavy (non-hydrogen) atoms. The summed E-state index contributed by atoms with van der Waals surface area (Å²) in [7, 11) is 3.27. The lowest BCUT2D eigenvalue weighted by Crippen LogP contribution is -2.36. The molecule has 3 aromatic heterocycles. The van der Waals surface area contributed by atoms with Crippen molar-refractivity contribution in [3.8, 4) is 11.5 Å². The zero-order chi connectivity index (χ0) is 35.8. The quantitative estimate of drug-likeness (QED) is 0.118. The number of hydrogen-bond donors (Lipinski definition) is 5. The van der Waals surface area contributed by atoms with Gasteiger partial charge in [-0.1, -0.05) is 36.4 Å². The van der Waals surface area contributed by atoms with Crippen LogP contribution >= 0.6 is 0 Å². The van der Waals surface area contributed by atoms with E-state index in [-0.39, 0.29) is 12.5 Å². The smallest absolute Gasteiger partial charge is 0.490 e. The summed E-state index contributed by atoms with van der Waals surface area (Å²) in [4.78, 5) is 28.3. The molecule has 15 heteroatoms. The third-order valence-corrected chi connectivity index (χ3v) is 8.15. The van der Waals surface area contributed by atoms with Crippen LogP contribution in [-0.2, 0) is 35.4 Å². The number of H-pyrrole nitrogens is 2. The third-order valence-electron chi connectivity index (χ3n) is 8.15. The Bertz CT molecular complexity index is 2090. The van der Waals surface area contributed by atoms with E-state index >= 15 is 0 Å². The molecule has 0 aliphatic rings. The van der Waals surface area contributed by atoms with Crippen molar-refractivity contribution in [3.63, 3.8) is 0 Å². The molecule has 0 aliphatic carbocycles. The summed E-state index contributed by atoms with van der Waals surface area (Å²) < 4.78 is 45.0. The van der Waals surface area contributed by atoms with Crippen molar-refractivity contribution in [2.45, 2.75) is 38.0 Å². The largest absolute Gasteiger partial charge is 0.497 e. The van der Waals surface area contributed by atoms with Gasteiger partial charge in [0.05, 0.1) is 33.4 Å². The minimum atomic E-state index is -5.08. The van der Waals surface area contributed by atoms with Crippen molar-refractivity contribution in [3.05, 3.63) is 107 Å². The molecule has 0 fully saturated rings. The van der Waals surface area contributed by atoms with Crippen LogP contribution in [0.2, 0.25) is 0 Å². The molecule has 6 N–H and O–H groups in total. The van der Waals surface area contributed by atoms with Crippen LogP contribution in [0.4, 0.5) is 13.2 Å². The highest BCUT2D eigenvalue weighted by Gasteiger charge is 2.38. The fourth-order valence-corrected chi connectivity index (χ4v) is 5.68. The summed E-state index contributed by atoms with van der Waals surface area (Å²) in [5, 5.41) is 21.9. The van der Waals surface area contributed by atoms with Gasteiger partial charge in [0.25, 0.3) is 0 Å². The van der Waals surface area contributed by atoms with Crippen molar-refractivity contribution in [2.24, 2.45) is 5.73 Å². The van der Waals surface area contributed by atoms with Gasteiger partial charge in [0.2, 0.25) is 5.91 Å². The predicted octanol–water partition coefficient (Wildman–Crippen LogP) is 5.08. The molecule has 0 saturated heterocycles. The van der Waals surface area contributed by atoms with Crippen LogP contribution in [-0.4, -0.2) is 68.7 Å². The number of methoxy groups -OCH3 is 2. The number of alkyl halides is 3. The highest BCUT2D eigenvalue weighted by molar-refractivity contribution is 5.84. The van der Waals surface area contributed by atoms with Gasteiger partial charge in [-0.2, -0.15) is 13.2 Å². The van der Waals surface area contributed by atoms with E-state index < -0.39 is 18.2 Å². The van der Waals surface area contributed by atoms with Gasteiger partial charge < -0.3 is 40.2 Å². The summed E-state index contributed by atoms with van der Waals surface area (Å²) >= 11 is 0. The van der Waals surface area contributed by atoms with E-state index in [1.54, 1.807) is 14.2 Å². The number of nitrogens with two attached hydrogens (primary N) is 1. The Kier molecular flexibility index (Phi) is 11.1.